The van der Waals surface area contributed by atoms with E-state index < -0.39 is 11.2 Å². The van der Waals surface area contributed by atoms with Crippen molar-refractivity contribution in [1.82, 2.24) is 0 Å². The van der Waals surface area contributed by atoms with E-state index in [1.807, 2.05) is 12.1 Å². The first kappa shape index (κ1) is 12.5. The normalized spacial score (nSPS) is 10.9. The van der Waals surface area contributed by atoms with Crippen molar-refractivity contribution in [2.45, 2.75) is 5.06 Å². The van der Waals surface area contributed by atoms with Crippen molar-refractivity contribution in [1.29, 1.82) is 0 Å². The summed E-state index contributed by atoms with van der Waals surface area (Å²) >= 11 is 6.38. The van der Waals surface area contributed by atoms with Gasteiger partial charge in [0.25, 0.3) is 0 Å². The molecule has 18 heavy (non-hydrogen) atoms. The number of hydrogen-bond donors (Lipinski definition) is 1. The molecule has 0 spiro atoms. The molecular formula is C14H11ClO3. The summed E-state index contributed by atoms with van der Waals surface area (Å²) < 4.78 is 4.89. The monoisotopic (exact) mass is 262 g/mol. The lowest BCUT2D eigenvalue weighted by molar-refractivity contribution is 0.0472. The zero-order chi connectivity index (χ0) is 13.0. The fourth-order valence-corrected chi connectivity index (χ4v) is 2.03. The molecule has 0 aliphatic heterocycles. The van der Waals surface area contributed by atoms with E-state index in [2.05, 4.69) is 0 Å². The number of carboxylic acid groups (broad SMARTS) is 1. The molecule has 0 fully saturated rings. The van der Waals surface area contributed by atoms with E-state index in [4.69, 9.17) is 21.4 Å². The van der Waals surface area contributed by atoms with Crippen molar-refractivity contribution < 1.29 is 14.6 Å². The van der Waals surface area contributed by atoms with Gasteiger partial charge in [-0.25, -0.2) is 4.79 Å². The fraction of sp³-hybridized carbons (Fsp3) is 0.0714. The predicted octanol–water partition coefficient (Wildman–Crippen LogP) is 3.82. The highest BCUT2D eigenvalue weighted by atomic mass is 35.5. The SMILES string of the molecule is O=C(O)OC(Cl)(c1ccccc1)c1ccccc1. The van der Waals surface area contributed by atoms with Crippen molar-refractivity contribution in [3.8, 4) is 0 Å². The quantitative estimate of drug-likeness (QED) is 0.676. The van der Waals surface area contributed by atoms with Crippen LogP contribution in [0.15, 0.2) is 60.7 Å². The number of carbonyl (C=O) groups is 1. The smallest absolute Gasteiger partial charge is 0.450 e. The highest BCUT2D eigenvalue weighted by molar-refractivity contribution is 6.25. The van der Waals surface area contributed by atoms with E-state index >= 15 is 0 Å². The van der Waals surface area contributed by atoms with Gasteiger partial charge in [0.2, 0.25) is 5.06 Å². The van der Waals surface area contributed by atoms with Gasteiger partial charge < -0.3 is 9.84 Å². The first-order valence-electron chi connectivity index (χ1n) is 5.35. The van der Waals surface area contributed by atoms with Crippen molar-refractivity contribution in [2.24, 2.45) is 0 Å². The lowest BCUT2D eigenvalue weighted by Crippen LogP contribution is -2.27. The van der Waals surface area contributed by atoms with Gasteiger partial charge in [-0.15, -0.1) is 0 Å². The number of alkyl halides is 1. The molecule has 4 heteroatoms. The zero-order valence-electron chi connectivity index (χ0n) is 9.42. The third-order valence-electron chi connectivity index (χ3n) is 2.52. The summed E-state index contributed by atoms with van der Waals surface area (Å²) in [5, 5.41) is 7.35. The van der Waals surface area contributed by atoms with Crippen LogP contribution in [0.2, 0.25) is 0 Å². The molecule has 0 aromatic heterocycles. The average Bonchev–Trinajstić information content (AvgIpc) is 2.40. The van der Waals surface area contributed by atoms with Crippen LogP contribution >= 0.6 is 11.6 Å². The molecule has 2 rings (SSSR count). The van der Waals surface area contributed by atoms with Gasteiger partial charge in [0.05, 0.1) is 0 Å². The van der Waals surface area contributed by atoms with E-state index in [1.54, 1.807) is 48.5 Å². The number of halogens is 1. The Balaban J connectivity index is 2.51. The second-order valence-electron chi connectivity index (χ2n) is 3.70. The highest BCUT2D eigenvalue weighted by Gasteiger charge is 2.36. The fourth-order valence-electron chi connectivity index (χ4n) is 1.71. The summed E-state index contributed by atoms with van der Waals surface area (Å²) in [6, 6.07) is 17.7. The van der Waals surface area contributed by atoms with Crippen LogP contribution in [0.1, 0.15) is 11.1 Å². The molecule has 92 valence electrons. The Bertz CT molecular complexity index is 486. The van der Waals surface area contributed by atoms with Crippen LogP contribution in [0.4, 0.5) is 4.79 Å². The maximum absolute atomic E-state index is 10.9. The molecule has 0 amide bonds. The maximum atomic E-state index is 10.9. The topological polar surface area (TPSA) is 46.5 Å². The van der Waals surface area contributed by atoms with Gasteiger partial charge >= 0.3 is 6.16 Å². The minimum atomic E-state index is -1.52. The molecule has 3 nitrogen and oxygen atoms in total. The Kier molecular flexibility index (Phi) is 3.53. The molecule has 0 heterocycles. The summed E-state index contributed by atoms with van der Waals surface area (Å²) in [6.07, 6.45) is -1.42. The van der Waals surface area contributed by atoms with Crippen LogP contribution in [0.3, 0.4) is 0 Å². The number of rotatable bonds is 3. The molecular weight excluding hydrogens is 252 g/mol. The first-order chi connectivity index (χ1) is 8.63. The predicted molar refractivity (Wildman–Crippen MR) is 68.6 cm³/mol. The molecule has 2 aromatic carbocycles. The molecule has 0 aliphatic carbocycles. The summed E-state index contributed by atoms with van der Waals surface area (Å²) in [5.74, 6) is 0. The van der Waals surface area contributed by atoms with Crippen molar-refractivity contribution >= 4 is 17.8 Å². The zero-order valence-corrected chi connectivity index (χ0v) is 10.2. The Labute approximate surface area is 110 Å². The maximum Gasteiger partial charge on any atom is 0.508 e. The van der Waals surface area contributed by atoms with E-state index in [0.717, 1.165) is 0 Å². The van der Waals surface area contributed by atoms with E-state index in [1.165, 1.54) is 0 Å². The summed E-state index contributed by atoms with van der Waals surface area (Å²) in [6.45, 7) is 0. The van der Waals surface area contributed by atoms with E-state index in [-0.39, 0.29) is 0 Å². The highest BCUT2D eigenvalue weighted by Crippen LogP contribution is 2.37. The number of benzene rings is 2. The second kappa shape index (κ2) is 5.10. The van der Waals surface area contributed by atoms with Crippen molar-refractivity contribution in [3.05, 3.63) is 71.8 Å². The Hall–Kier alpha value is -2.00. The molecule has 0 aliphatic rings. The lowest BCUT2D eigenvalue weighted by atomic mass is 10.0. The van der Waals surface area contributed by atoms with Gasteiger partial charge in [0.1, 0.15) is 0 Å². The minimum absolute atomic E-state index is 0.570. The van der Waals surface area contributed by atoms with Gasteiger partial charge in [-0.2, -0.15) is 0 Å². The first-order valence-corrected chi connectivity index (χ1v) is 5.72. The summed E-state index contributed by atoms with van der Waals surface area (Å²) in [7, 11) is 0. The number of hydrogen-bond acceptors (Lipinski definition) is 2. The minimum Gasteiger partial charge on any atom is -0.450 e. The van der Waals surface area contributed by atoms with Gasteiger partial charge in [-0.05, 0) is 0 Å². The Morgan fingerprint density at radius 2 is 1.33 bits per heavy atom. The van der Waals surface area contributed by atoms with Gasteiger partial charge in [-0.1, -0.05) is 72.3 Å². The third kappa shape index (κ3) is 2.46. The molecule has 0 atom stereocenters. The molecule has 0 bridgehead atoms. The molecule has 0 saturated heterocycles. The van der Waals surface area contributed by atoms with Gasteiger partial charge in [0, 0.05) is 11.1 Å². The molecule has 0 radical (unpaired) electrons. The van der Waals surface area contributed by atoms with Gasteiger partial charge in [0.15, 0.2) is 0 Å². The van der Waals surface area contributed by atoms with Crippen molar-refractivity contribution in [2.75, 3.05) is 0 Å². The van der Waals surface area contributed by atoms with Crippen LogP contribution in [0.5, 0.6) is 0 Å². The third-order valence-corrected chi connectivity index (χ3v) is 3.03. The molecule has 2 aromatic rings. The van der Waals surface area contributed by atoms with Gasteiger partial charge in [-0.3, -0.25) is 0 Å². The van der Waals surface area contributed by atoms with Crippen LogP contribution in [-0.4, -0.2) is 11.3 Å². The van der Waals surface area contributed by atoms with Crippen LogP contribution in [-0.2, 0) is 9.80 Å². The average molecular weight is 263 g/mol. The van der Waals surface area contributed by atoms with Crippen molar-refractivity contribution in [3.63, 3.8) is 0 Å². The Morgan fingerprint density at radius 3 is 1.67 bits per heavy atom. The molecule has 0 saturated carbocycles. The largest absolute Gasteiger partial charge is 0.508 e. The van der Waals surface area contributed by atoms with Crippen LogP contribution in [0, 0.1) is 0 Å². The lowest BCUT2D eigenvalue weighted by Gasteiger charge is -2.26. The molecule has 1 N–H and O–H groups in total. The molecule has 0 unspecified atom stereocenters. The standard InChI is InChI=1S/C14H11ClO3/c15-14(18-13(16)17,11-7-3-1-4-8-11)12-9-5-2-6-10-12/h1-10H,(H,16,17). The van der Waals surface area contributed by atoms with Crippen LogP contribution in [0.25, 0.3) is 0 Å². The number of ether oxygens (including phenoxy) is 1. The van der Waals surface area contributed by atoms with E-state index in [9.17, 15) is 4.79 Å². The summed E-state index contributed by atoms with van der Waals surface area (Å²) in [4.78, 5) is 10.9. The van der Waals surface area contributed by atoms with Crippen LogP contribution < -0.4 is 0 Å². The second-order valence-corrected chi connectivity index (χ2v) is 4.23. The van der Waals surface area contributed by atoms with E-state index in [0.29, 0.717) is 11.1 Å². The summed E-state index contributed by atoms with van der Waals surface area (Å²) in [5.41, 5.74) is 1.14. The Morgan fingerprint density at radius 1 is 0.944 bits per heavy atom.